The SMILES string of the molecule is CCCS(=O)(=O)N1CCC(NC(c2nccn2C)C2CC2)CC1. The highest BCUT2D eigenvalue weighted by Crippen LogP contribution is 2.41. The maximum Gasteiger partial charge on any atom is 0.214 e. The Morgan fingerprint density at radius 2 is 2.00 bits per heavy atom. The Labute approximate surface area is 139 Å². The maximum absolute atomic E-state index is 12.2. The number of aryl methyl sites for hydroxylation is 1. The number of nitrogens with zero attached hydrogens (tertiary/aromatic N) is 3. The molecule has 23 heavy (non-hydrogen) atoms. The van der Waals surface area contributed by atoms with Crippen molar-refractivity contribution in [3.05, 3.63) is 18.2 Å². The Bertz CT molecular complexity index is 616. The monoisotopic (exact) mass is 340 g/mol. The quantitative estimate of drug-likeness (QED) is 0.820. The van der Waals surface area contributed by atoms with Crippen LogP contribution in [0.1, 0.15) is 50.9 Å². The van der Waals surface area contributed by atoms with Crippen LogP contribution >= 0.6 is 0 Å². The number of nitrogens with one attached hydrogen (secondary N) is 1. The molecule has 1 aromatic heterocycles. The van der Waals surface area contributed by atoms with Gasteiger partial charge in [0.15, 0.2) is 0 Å². The number of aromatic nitrogens is 2. The molecule has 0 spiro atoms. The molecule has 1 N–H and O–H groups in total. The number of piperidine rings is 1. The molecule has 1 saturated heterocycles. The zero-order chi connectivity index (χ0) is 16.4. The molecule has 1 aromatic rings. The summed E-state index contributed by atoms with van der Waals surface area (Å²) in [6, 6.07) is 0.684. The van der Waals surface area contributed by atoms with Crippen LogP contribution in [0.15, 0.2) is 12.4 Å². The summed E-state index contributed by atoms with van der Waals surface area (Å²) in [6.45, 7) is 3.19. The number of imidazole rings is 1. The minimum atomic E-state index is -3.05. The van der Waals surface area contributed by atoms with Gasteiger partial charge in [-0.05, 0) is 38.0 Å². The van der Waals surface area contributed by atoms with E-state index in [9.17, 15) is 8.42 Å². The van der Waals surface area contributed by atoms with Crippen LogP contribution in [0.2, 0.25) is 0 Å². The number of hydrogen-bond acceptors (Lipinski definition) is 4. The summed E-state index contributed by atoms with van der Waals surface area (Å²) in [6.07, 6.45) is 8.82. The topological polar surface area (TPSA) is 67.2 Å². The zero-order valence-corrected chi connectivity index (χ0v) is 14.9. The third-order valence-electron chi connectivity index (χ3n) is 4.95. The van der Waals surface area contributed by atoms with E-state index in [1.807, 2.05) is 26.4 Å². The van der Waals surface area contributed by atoms with Gasteiger partial charge in [-0.2, -0.15) is 0 Å². The van der Waals surface area contributed by atoms with E-state index in [0.29, 0.717) is 37.5 Å². The Hall–Kier alpha value is -0.920. The minimum Gasteiger partial charge on any atom is -0.337 e. The van der Waals surface area contributed by atoms with Crippen molar-refractivity contribution in [2.24, 2.45) is 13.0 Å². The van der Waals surface area contributed by atoms with Gasteiger partial charge in [0.1, 0.15) is 5.82 Å². The van der Waals surface area contributed by atoms with Crippen LogP contribution in [-0.2, 0) is 17.1 Å². The second kappa shape index (κ2) is 6.91. The third kappa shape index (κ3) is 3.95. The second-order valence-electron chi connectivity index (χ2n) is 6.87. The molecule has 3 rings (SSSR count). The molecular formula is C16H28N4O2S. The second-order valence-corrected chi connectivity index (χ2v) is 8.96. The zero-order valence-electron chi connectivity index (χ0n) is 14.1. The predicted octanol–water partition coefficient (Wildman–Crippen LogP) is 1.66. The number of hydrogen-bond donors (Lipinski definition) is 1. The molecular weight excluding hydrogens is 312 g/mol. The van der Waals surface area contributed by atoms with Gasteiger partial charge in [-0.1, -0.05) is 6.92 Å². The van der Waals surface area contributed by atoms with Crippen molar-refractivity contribution < 1.29 is 8.42 Å². The van der Waals surface area contributed by atoms with Crippen LogP contribution in [0.5, 0.6) is 0 Å². The van der Waals surface area contributed by atoms with E-state index in [1.165, 1.54) is 12.8 Å². The molecule has 1 aliphatic heterocycles. The summed E-state index contributed by atoms with van der Waals surface area (Å²) in [5, 5.41) is 3.76. The highest BCUT2D eigenvalue weighted by molar-refractivity contribution is 7.89. The van der Waals surface area contributed by atoms with E-state index in [-0.39, 0.29) is 5.75 Å². The molecule has 1 atom stereocenters. The summed E-state index contributed by atoms with van der Waals surface area (Å²) < 4.78 is 28.1. The lowest BCUT2D eigenvalue weighted by Crippen LogP contribution is -2.46. The molecule has 2 heterocycles. The average Bonchev–Trinajstić information content (AvgIpc) is 3.27. The highest BCUT2D eigenvalue weighted by Gasteiger charge is 2.37. The smallest absolute Gasteiger partial charge is 0.214 e. The van der Waals surface area contributed by atoms with Crippen LogP contribution in [0.3, 0.4) is 0 Å². The molecule has 2 aliphatic rings. The van der Waals surface area contributed by atoms with Crippen LogP contribution in [0, 0.1) is 5.92 Å². The first-order valence-electron chi connectivity index (χ1n) is 8.72. The molecule has 1 aliphatic carbocycles. The lowest BCUT2D eigenvalue weighted by molar-refractivity contribution is 0.261. The van der Waals surface area contributed by atoms with E-state index >= 15 is 0 Å². The summed E-state index contributed by atoms with van der Waals surface area (Å²) in [4.78, 5) is 4.52. The molecule has 6 nitrogen and oxygen atoms in total. The van der Waals surface area contributed by atoms with Crippen molar-refractivity contribution >= 4 is 10.0 Å². The molecule has 130 valence electrons. The lowest BCUT2D eigenvalue weighted by Gasteiger charge is -2.34. The van der Waals surface area contributed by atoms with Crippen LogP contribution in [0.4, 0.5) is 0 Å². The van der Waals surface area contributed by atoms with Gasteiger partial charge < -0.3 is 9.88 Å². The summed E-state index contributed by atoms with van der Waals surface area (Å²) in [5.41, 5.74) is 0. The van der Waals surface area contributed by atoms with Gasteiger partial charge in [0.05, 0.1) is 11.8 Å². The van der Waals surface area contributed by atoms with Gasteiger partial charge in [-0.3, -0.25) is 0 Å². The Kier molecular flexibility index (Phi) is 5.08. The van der Waals surface area contributed by atoms with Crippen molar-refractivity contribution in [1.29, 1.82) is 0 Å². The first kappa shape index (κ1) is 16.9. The molecule has 1 unspecified atom stereocenters. The minimum absolute atomic E-state index is 0.267. The fourth-order valence-corrected chi connectivity index (χ4v) is 5.01. The van der Waals surface area contributed by atoms with Gasteiger partial charge >= 0.3 is 0 Å². The van der Waals surface area contributed by atoms with E-state index in [0.717, 1.165) is 18.7 Å². The Balaban J connectivity index is 1.58. The number of rotatable bonds is 7. The fraction of sp³-hybridized carbons (Fsp3) is 0.812. The van der Waals surface area contributed by atoms with Gasteiger partial charge in [0, 0.05) is 38.6 Å². The predicted molar refractivity (Wildman–Crippen MR) is 90.5 cm³/mol. The summed E-state index contributed by atoms with van der Waals surface area (Å²) in [7, 11) is -1.01. The van der Waals surface area contributed by atoms with Gasteiger partial charge in [-0.15, -0.1) is 0 Å². The van der Waals surface area contributed by atoms with E-state index in [4.69, 9.17) is 0 Å². The molecule has 0 amide bonds. The van der Waals surface area contributed by atoms with Crippen molar-refractivity contribution in [2.75, 3.05) is 18.8 Å². The molecule has 1 saturated carbocycles. The largest absolute Gasteiger partial charge is 0.337 e. The molecule has 0 bridgehead atoms. The lowest BCUT2D eigenvalue weighted by atomic mass is 10.0. The first-order chi connectivity index (χ1) is 11.0. The van der Waals surface area contributed by atoms with E-state index in [2.05, 4.69) is 14.9 Å². The van der Waals surface area contributed by atoms with Crippen LogP contribution in [-0.4, -0.2) is 47.2 Å². The molecule has 0 aromatic carbocycles. The molecule has 0 radical (unpaired) electrons. The van der Waals surface area contributed by atoms with E-state index < -0.39 is 10.0 Å². The standard InChI is InChI=1S/C16H28N4O2S/c1-3-12-23(21,22)20-9-6-14(7-10-20)18-15(13-4-5-13)16-17-8-11-19(16)2/h8,11,13-15,18H,3-7,9-10,12H2,1-2H3. The van der Waals surface area contributed by atoms with Gasteiger partial charge in [0.25, 0.3) is 0 Å². The maximum atomic E-state index is 12.2. The van der Waals surface area contributed by atoms with E-state index in [1.54, 1.807) is 4.31 Å². The average molecular weight is 340 g/mol. The van der Waals surface area contributed by atoms with Crippen molar-refractivity contribution in [3.63, 3.8) is 0 Å². The first-order valence-corrected chi connectivity index (χ1v) is 10.3. The van der Waals surface area contributed by atoms with Crippen LogP contribution in [0.25, 0.3) is 0 Å². The van der Waals surface area contributed by atoms with Crippen molar-refractivity contribution in [1.82, 2.24) is 19.2 Å². The number of sulfonamides is 1. The van der Waals surface area contributed by atoms with Gasteiger partial charge in [-0.25, -0.2) is 17.7 Å². The Morgan fingerprint density at radius 1 is 1.30 bits per heavy atom. The molecule has 2 fully saturated rings. The summed E-state index contributed by atoms with van der Waals surface area (Å²) >= 11 is 0. The van der Waals surface area contributed by atoms with Crippen molar-refractivity contribution in [3.8, 4) is 0 Å². The molecule has 7 heteroatoms. The van der Waals surface area contributed by atoms with Crippen LogP contribution < -0.4 is 5.32 Å². The van der Waals surface area contributed by atoms with Gasteiger partial charge in [0.2, 0.25) is 10.0 Å². The normalized spacial score (nSPS) is 22.3. The third-order valence-corrected chi connectivity index (χ3v) is 7.03. The Morgan fingerprint density at radius 3 is 2.52 bits per heavy atom. The summed E-state index contributed by atoms with van der Waals surface area (Å²) in [5.74, 6) is 2.05. The fourth-order valence-electron chi connectivity index (χ4n) is 3.47. The van der Waals surface area contributed by atoms with Crippen molar-refractivity contribution in [2.45, 2.75) is 51.1 Å². The highest BCUT2D eigenvalue weighted by atomic mass is 32.2.